The predicted octanol–water partition coefficient (Wildman–Crippen LogP) is 4.10. The molecule has 0 saturated heterocycles. The molecule has 27 heavy (non-hydrogen) atoms. The van der Waals surface area contributed by atoms with Gasteiger partial charge in [-0.05, 0) is 42.5 Å². The highest BCUT2D eigenvalue weighted by molar-refractivity contribution is 6.44. The lowest BCUT2D eigenvalue weighted by Crippen LogP contribution is -2.29. The molecule has 142 valence electrons. The highest BCUT2D eigenvalue weighted by atomic mass is 35.5. The van der Waals surface area contributed by atoms with Crippen molar-refractivity contribution in [2.24, 2.45) is 5.41 Å². The molecule has 1 aromatic carbocycles. The van der Waals surface area contributed by atoms with Gasteiger partial charge in [0.2, 0.25) is 0 Å². The molecule has 0 saturated carbocycles. The van der Waals surface area contributed by atoms with E-state index >= 15 is 0 Å². The van der Waals surface area contributed by atoms with Crippen LogP contribution in [0.15, 0.2) is 12.1 Å². The van der Waals surface area contributed by atoms with Gasteiger partial charge in [0, 0.05) is 17.4 Å². The molecule has 1 unspecified atom stereocenters. The quantitative estimate of drug-likeness (QED) is 0.721. The number of halogens is 2. The van der Waals surface area contributed by atoms with Crippen molar-refractivity contribution in [1.82, 2.24) is 5.32 Å². The molecule has 0 fully saturated rings. The Morgan fingerprint density at radius 1 is 1.41 bits per heavy atom. The fourth-order valence-electron chi connectivity index (χ4n) is 4.12. The number of amides is 1. The summed E-state index contributed by atoms with van der Waals surface area (Å²) in [6.45, 7) is 1.80. The number of ether oxygens (including phenoxy) is 1. The summed E-state index contributed by atoms with van der Waals surface area (Å²) in [5.41, 5.74) is 2.73. The largest absolute Gasteiger partial charge is 0.482 e. The zero-order chi connectivity index (χ0) is 19.6. The normalized spacial score (nSPS) is 20.4. The third-order valence-corrected chi connectivity index (χ3v) is 6.08. The van der Waals surface area contributed by atoms with Crippen LogP contribution in [-0.4, -0.2) is 24.8 Å². The fourth-order valence-corrected chi connectivity index (χ4v) is 4.64. The van der Waals surface area contributed by atoms with Crippen molar-refractivity contribution in [2.45, 2.75) is 39.0 Å². The summed E-state index contributed by atoms with van der Waals surface area (Å²) in [7, 11) is 0. The summed E-state index contributed by atoms with van der Waals surface area (Å²) >= 11 is 13.0. The molecule has 1 N–H and O–H groups in total. The summed E-state index contributed by atoms with van der Waals surface area (Å²) < 4.78 is 5.54. The number of nitriles is 1. The zero-order valence-electron chi connectivity index (χ0n) is 15.0. The molecule has 5 nitrogen and oxygen atoms in total. The van der Waals surface area contributed by atoms with Crippen LogP contribution in [0.3, 0.4) is 0 Å². The van der Waals surface area contributed by atoms with Gasteiger partial charge in [-0.2, -0.15) is 5.26 Å². The summed E-state index contributed by atoms with van der Waals surface area (Å²) in [5.74, 6) is 0.0460. The van der Waals surface area contributed by atoms with E-state index in [0.29, 0.717) is 17.2 Å². The molecule has 1 atom stereocenters. The Kier molecular flexibility index (Phi) is 5.78. The van der Waals surface area contributed by atoms with E-state index in [9.17, 15) is 9.59 Å². The average molecular weight is 407 g/mol. The van der Waals surface area contributed by atoms with Crippen LogP contribution in [0.25, 0.3) is 5.57 Å². The molecule has 0 spiro atoms. The van der Waals surface area contributed by atoms with E-state index in [0.717, 1.165) is 42.4 Å². The summed E-state index contributed by atoms with van der Waals surface area (Å²) in [6.07, 6.45) is 5.84. The smallest absolute Gasteiger partial charge is 0.258 e. The number of nitrogens with zero attached hydrogens (tertiary/aromatic N) is 1. The van der Waals surface area contributed by atoms with Crippen molar-refractivity contribution < 1.29 is 14.3 Å². The molecule has 1 aromatic rings. The molecule has 3 rings (SSSR count). The number of fused-ring (bicyclic) bond motifs is 3. The third-order valence-electron chi connectivity index (χ3n) is 5.23. The minimum atomic E-state index is -0.409. The Hall–Kier alpha value is -2.03. The molecule has 0 aliphatic heterocycles. The van der Waals surface area contributed by atoms with Crippen LogP contribution >= 0.6 is 23.2 Å². The Morgan fingerprint density at radius 3 is 2.89 bits per heavy atom. The lowest BCUT2D eigenvalue weighted by molar-refractivity contribution is -0.122. The predicted molar refractivity (Wildman–Crippen MR) is 104 cm³/mol. The zero-order valence-corrected chi connectivity index (χ0v) is 16.5. The number of nitrogens with one attached hydrogen (secondary N) is 1. The molecule has 2 aliphatic rings. The minimum absolute atomic E-state index is 0.0808. The van der Waals surface area contributed by atoms with Crippen molar-refractivity contribution in [1.29, 1.82) is 5.26 Å². The molecule has 0 radical (unpaired) electrons. The molecule has 7 heteroatoms. The van der Waals surface area contributed by atoms with Gasteiger partial charge in [0.1, 0.15) is 17.3 Å². The second-order valence-corrected chi connectivity index (χ2v) is 7.75. The van der Waals surface area contributed by atoms with E-state index in [1.54, 1.807) is 6.08 Å². The molecule has 0 bridgehead atoms. The van der Waals surface area contributed by atoms with Gasteiger partial charge in [0.05, 0.1) is 11.1 Å². The molecule has 0 aromatic heterocycles. The molecular formula is C20H20Cl2N2O3. The van der Waals surface area contributed by atoms with Gasteiger partial charge in [0.25, 0.3) is 5.91 Å². The molecule has 0 heterocycles. The van der Waals surface area contributed by atoms with Crippen LogP contribution in [0, 0.1) is 16.7 Å². The van der Waals surface area contributed by atoms with Crippen molar-refractivity contribution >= 4 is 40.5 Å². The Bertz CT molecular complexity index is 873. The number of carbonyl (C=O) groups excluding carboxylic acids is 2. The van der Waals surface area contributed by atoms with Gasteiger partial charge in [-0.1, -0.05) is 36.5 Å². The Balaban J connectivity index is 1.93. The van der Waals surface area contributed by atoms with Gasteiger partial charge < -0.3 is 10.1 Å². The summed E-state index contributed by atoms with van der Waals surface area (Å²) in [6, 6.07) is 3.65. The van der Waals surface area contributed by atoms with Crippen LogP contribution in [0.2, 0.25) is 10.0 Å². The standard InChI is InChI=1S/C20H20Cl2N2O3/c1-2-4-20-5-3-13(25)9-14(20)17-12(10-20)8-15(18(21)19(17)22)27-11-16(26)24-7-6-23/h8-9H,2-5,7,10-11H2,1H3,(H,24,26). The second-order valence-electron chi connectivity index (χ2n) is 6.99. The van der Waals surface area contributed by atoms with Crippen molar-refractivity contribution in [3.8, 4) is 11.8 Å². The fraction of sp³-hybridized carbons (Fsp3) is 0.450. The Labute approximate surface area is 168 Å². The maximum atomic E-state index is 12.0. The first kappa shape index (κ1) is 19.7. The van der Waals surface area contributed by atoms with Crippen LogP contribution < -0.4 is 10.1 Å². The summed E-state index contributed by atoms with van der Waals surface area (Å²) in [5, 5.41) is 11.5. The van der Waals surface area contributed by atoms with Crippen molar-refractivity contribution in [2.75, 3.05) is 13.2 Å². The van der Waals surface area contributed by atoms with Gasteiger partial charge in [-0.15, -0.1) is 0 Å². The molecule has 2 aliphatic carbocycles. The van der Waals surface area contributed by atoms with Crippen molar-refractivity contribution in [3.63, 3.8) is 0 Å². The first-order valence-corrected chi connectivity index (χ1v) is 9.70. The maximum Gasteiger partial charge on any atom is 0.258 e. The van der Waals surface area contributed by atoms with E-state index in [4.69, 9.17) is 33.2 Å². The second kappa shape index (κ2) is 7.92. The number of hydrogen-bond donors (Lipinski definition) is 1. The van der Waals surface area contributed by atoms with Gasteiger partial charge in [-0.3, -0.25) is 9.59 Å². The summed E-state index contributed by atoms with van der Waals surface area (Å²) in [4.78, 5) is 23.7. The number of benzene rings is 1. The average Bonchev–Trinajstić information content (AvgIpc) is 2.95. The monoisotopic (exact) mass is 406 g/mol. The van der Waals surface area contributed by atoms with Gasteiger partial charge >= 0.3 is 0 Å². The topological polar surface area (TPSA) is 79.2 Å². The van der Waals surface area contributed by atoms with Crippen LogP contribution in [0.5, 0.6) is 5.75 Å². The molecule has 1 amide bonds. The van der Waals surface area contributed by atoms with E-state index in [-0.39, 0.29) is 29.4 Å². The minimum Gasteiger partial charge on any atom is -0.482 e. The SMILES string of the molecule is CCCC12CCC(=O)C=C1c1c(cc(OCC(=O)NCC#N)c(Cl)c1Cl)C2. The van der Waals surface area contributed by atoms with Gasteiger partial charge in [0.15, 0.2) is 12.4 Å². The maximum absolute atomic E-state index is 12.0. The van der Waals surface area contributed by atoms with Crippen molar-refractivity contribution in [3.05, 3.63) is 33.3 Å². The van der Waals surface area contributed by atoms with Gasteiger partial charge in [-0.25, -0.2) is 0 Å². The lowest BCUT2D eigenvalue weighted by atomic mass is 9.70. The molecular weight excluding hydrogens is 387 g/mol. The number of ketones is 1. The van der Waals surface area contributed by atoms with Crippen LogP contribution in [0.1, 0.15) is 43.7 Å². The first-order chi connectivity index (χ1) is 12.9. The lowest BCUT2D eigenvalue weighted by Gasteiger charge is -2.33. The van der Waals surface area contributed by atoms with Crippen LogP contribution in [0.4, 0.5) is 0 Å². The van der Waals surface area contributed by atoms with E-state index < -0.39 is 5.91 Å². The van der Waals surface area contributed by atoms with E-state index in [1.807, 2.05) is 12.1 Å². The van der Waals surface area contributed by atoms with Crippen LogP contribution in [-0.2, 0) is 16.0 Å². The van der Waals surface area contributed by atoms with E-state index in [1.165, 1.54) is 0 Å². The first-order valence-electron chi connectivity index (χ1n) is 8.94. The number of rotatable bonds is 6. The third kappa shape index (κ3) is 3.69. The number of allylic oxidation sites excluding steroid dienone is 2. The highest BCUT2D eigenvalue weighted by Gasteiger charge is 2.45. The van der Waals surface area contributed by atoms with E-state index in [2.05, 4.69) is 12.2 Å². The Morgan fingerprint density at radius 2 is 2.19 bits per heavy atom. The number of hydrogen-bond acceptors (Lipinski definition) is 4. The highest BCUT2D eigenvalue weighted by Crippen LogP contribution is 2.58. The number of carbonyl (C=O) groups is 2.